The molecule has 0 aliphatic carbocycles. The first kappa shape index (κ1) is 19.2. The van der Waals surface area contributed by atoms with Gasteiger partial charge in [-0.05, 0) is 24.6 Å². The molecule has 0 fully saturated rings. The first-order valence-corrected chi connectivity index (χ1v) is 8.74. The Bertz CT molecular complexity index is 941. The Hall–Kier alpha value is -3.61. The summed E-state index contributed by atoms with van der Waals surface area (Å²) in [4.78, 5) is 20.9. The lowest BCUT2D eigenvalue weighted by Crippen LogP contribution is -2.14. The number of ether oxygens (including phenoxy) is 2. The van der Waals surface area contributed by atoms with Crippen LogP contribution >= 0.6 is 0 Å². The second-order valence-electron chi connectivity index (χ2n) is 6.15. The van der Waals surface area contributed by atoms with Crippen molar-refractivity contribution in [2.75, 3.05) is 24.9 Å². The van der Waals surface area contributed by atoms with Crippen LogP contribution in [-0.4, -0.2) is 30.1 Å². The van der Waals surface area contributed by atoms with Crippen LogP contribution in [0.5, 0.6) is 11.5 Å². The van der Waals surface area contributed by atoms with Crippen molar-refractivity contribution in [3.63, 3.8) is 0 Å². The molecule has 2 N–H and O–H groups in total. The van der Waals surface area contributed by atoms with Crippen LogP contribution in [0.25, 0.3) is 0 Å². The molecule has 7 nitrogen and oxygen atoms in total. The zero-order valence-electron chi connectivity index (χ0n) is 16.0. The van der Waals surface area contributed by atoms with Gasteiger partial charge in [-0.25, -0.2) is 9.97 Å². The Morgan fingerprint density at radius 1 is 1.00 bits per heavy atom. The highest BCUT2D eigenvalue weighted by molar-refractivity contribution is 6.04. The molecule has 0 atom stereocenters. The number of anilines is 2. The number of nitrogens with zero attached hydrogens (tertiary/aromatic N) is 2. The van der Waals surface area contributed by atoms with Gasteiger partial charge in [0, 0.05) is 25.0 Å². The minimum atomic E-state index is -0.325. The van der Waals surface area contributed by atoms with Crippen molar-refractivity contribution in [3.05, 3.63) is 71.5 Å². The third-order valence-electron chi connectivity index (χ3n) is 4.14. The van der Waals surface area contributed by atoms with Gasteiger partial charge in [-0.1, -0.05) is 29.8 Å². The lowest BCUT2D eigenvalue weighted by atomic mass is 10.1. The molecule has 1 heterocycles. The van der Waals surface area contributed by atoms with E-state index in [0.29, 0.717) is 35.2 Å². The average molecular weight is 378 g/mol. The van der Waals surface area contributed by atoms with Gasteiger partial charge in [0.2, 0.25) is 5.95 Å². The molecule has 0 unspecified atom stereocenters. The van der Waals surface area contributed by atoms with Gasteiger partial charge in [0.05, 0.1) is 25.5 Å². The van der Waals surface area contributed by atoms with E-state index in [1.807, 2.05) is 19.1 Å². The molecule has 0 aliphatic heterocycles. The number of rotatable bonds is 7. The van der Waals surface area contributed by atoms with Crippen LogP contribution in [0.1, 0.15) is 21.5 Å². The molecule has 2 aromatic carbocycles. The van der Waals surface area contributed by atoms with E-state index in [1.54, 1.807) is 25.3 Å². The van der Waals surface area contributed by atoms with Gasteiger partial charge in [-0.3, -0.25) is 4.79 Å². The standard InChI is InChI=1S/C21H22N4O3/c1-14-4-6-15(7-5-14)11-22-21-23-12-16(13-24-21)20(26)25-18-9-8-17(27-2)10-19(18)28-3/h4-10,12-13H,11H2,1-3H3,(H,25,26)(H,22,23,24). The topological polar surface area (TPSA) is 85.4 Å². The molecule has 0 bridgehead atoms. The fourth-order valence-electron chi connectivity index (χ4n) is 2.52. The van der Waals surface area contributed by atoms with E-state index in [-0.39, 0.29) is 5.91 Å². The summed E-state index contributed by atoms with van der Waals surface area (Å²) >= 11 is 0. The van der Waals surface area contributed by atoms with Crippen LogP contribution in [0.15, 0.2) is 54.9 Å². The number of benzene rings is 2. The summed E-state index contributed by atoms with van der Waals surface area (Å²) in [5, 5.41) is 5.93. The first-order valence-electron chi connectivity index (χ1n) is 8.74. The first-order chi connectivity index (χ1) is 13.6. The average Bonchev–Trinajstić information content (AvgIpc) is 2.74. The number of carbonyl (C=O) groups excluding carboxylic acids is 1. The van der Waals surface area contributed by atoms with Crippen molar-refractivity contribution >= 4 is 17.5 Å². The number of amides is 1. The Morgan fingerprint density at radius 2 is 1.71 bits per heavy atom. The van der Waals surface area contributed by atoms with E-state index in [1.165, 1.54) is 25.1 Å². The number of methoxy groups -OCH3 is 2. The summed E-state index contributed by atoms with van der Waals surface area (Å²) in [5.41, 5.74) is 3.22. The van der Waals surface area contributed by atoms with Crippen molar-refractivity contribution in [2.45, 2.75) is 13.5 Å². The molecule has 0 aliphatic rings. The number of hydrogen-bond donors (Lipinski definition) is 2. The number of hydrogen-bond acceptors (Lipinski definition) is 6. The van der Waals surface area contributed by atoms with Crippen LogP contribution < -0.4 is 20.1 Å². The molecule has 144 valence electrons. The summed E-state index contributed by atoms with van der Waals surface area (Å²) in [7, 11) is 3.10. The molecular weight excluding hydrogens is 356 g/mol. The Labute approximate surface area is 163 Å². The maximum absolute atomic E-state index is 12.5. The number of aryl methyl sites for hydroxylation is 1. The van der Waals surface area contributed by atoms with Gasteiger partial charge in [0.1, 0.15) is 11.5 Å². The van der Waals surface area contributed by atoms with Gasteiger partial charge in [-0.15, -0.1) is 0 Å². The second kappa shape index (κ2) is 8.85. The molecule has 0 saturated heterocycles. The van der Waals surface area contributed by atoms with E-state index in [0.717, 1.165) is 5.56 Å². The predicted molar refractivity (Wildman–Crippen MR) is 108 cm³/mol. The van der Waals surface area contributed by atoms with E-state index < -0.39 is 0 Å². The van der Waals surface area contributed by atoms with Crippen LogP contribution in [-0.2, 0) is 6.54 Å². The molecule has 0 saturated carbocycles. The summed E-state index contributed by atoms with van der Waals surface area (Å²) in [6, 6.07) is 13.4. The van der Waals surface area contributed by atoms with Crippen LogP contribution in [0, 0.1) is 6.92 Å². The molecule has 3 rings (SSSR count). The number of aromatic nitrogens is 2. The Balaban J connectivity index is 1.62. The summed E-state index contributed by atoms with van der Waals surface area (Å²) in [5.74, 6) is 1.28. The van der Waals surface area contributed by atoms with Gasteiger partial charge in [-0.2, -0.15) is 0 Å². The quantitative estimate of drug-likeness (QED) is 0.653. The predicted octanol–water partition coefficient (Wildman–Crippen LogP) is 3.67. The van der Waals surface area contributed by atoms with Crippen LogP contribution in [0.3, 0.4) is 0 Å². The maximum atomic E-state index is 12.5. The largest absolute Gasteiger partial charge is 0.497 e. The zero-order chi connectivity index (χ0) is 19.9. The fraction of sp³-hybridized carbons (Fsp3) is 0.190. The fourth-order valence-corrected chi connectivity index (χ4v) is 2.52. The zero-order valence-corrected chi connectivity index (χ0v) is 16.0. The maximum Gasteiger partial charge on any atom is 0.258 e. The third kappa shape index (κ3) is 4.76. The van der Waals surface area contributed by atoms with Crippen molar-refractivity contribution < 1.29 is 14.3 Å². The van der Waals surface area contributed by atoms with Crippen molar-refractivity contribution in [1.82, 2.24) is 9.97 Å². The minimum absolute atomic E-state index is 0.325. The summed E-state index contributed by atoms with van der Waals surface area (Å²) < 4.78 is 10.4. The number of nitrogens with one attached hydrogen (secondary N) is 2. The molecular formula is C21H22N4O3. The van der Waals surface area contributed by atoms with Gasteiger partial charge < -0.3 is 20.1 Å². The van der Waals surface area contributed by atoms with Gasteiger partial charge >= 0.3 is 0 Å². The minimum Gasteiger partial charge on any atom is -0.497 e. The molecule has 0 radical (unpaired) electrons. The SMILES string of the molecule is COc1ccc(NC(=O)c2cnc(NCc3ccc(C)cc3)nc2)c(OC)c1. The van der Waals surface area contributed by atoms with Crippen LogP contribution in [0.4, 0.5) is 11.6 Å². The molecule has 7 heteroatoms. The molecule has 0 spiro atoms. The Morgan fingerprint density at radius 3 is 2.36 bits per heavy atom. The Kier molecular flexibility index (Phi) is 6.06. The molecule has 3 aromatic rings. The van der Waals surface area contributed by atoms with Crippen molar-refractivity contribution in [2.24, 2.45) is 0 Å². The van der Waals surface area contributed by atoms with Crippen molar-refractivity contribution in [3.8, 4) is 11.5 Å². The number of carbonyl (C=O) groups is 1. The van der Waals surface area contributed by atoms with Gasteiger partial charge in [0.25, 0.3) is 5.91 Å². The molecule has 1 amide bonds. The van der Waals surface area contributed by atoms with E-state index in [4.69, 9.17) is 9.47 Å². The highest BCUT2D eigenvalue weighted by Gasteiger charge is 2.12. The second-order valence-corrected chi connectivity index (χ2v) is 6.15. The highest BCUT2D eigenvalue weighted by Crippen LogP contribution is 2.29. The lowest BCUT2D eigenvalue weighted by molar-refractivity contribution is 0.102. The van der Waals surface area contributed by atoms with Gasteiger partial charge in [0.15, 0.2) is 0 Å². The summed E-state index contributed by atoms with van der Waals surface area (Å²) in [6.07, 6.45) is 2.96. The summed E-state index contributed by atoms with van der Waals surface area (Å²) in [6.45, 7) is 2.65. The molecule has 1 aromatic heterocycles. The van der Waals surface area contributed by atoms with E-state index in [9.17, 15) is 4.79 Å². The third-order valence-corrected chi connectivity index (χ3v) is 4.14. The normalized spacial score (nSPS) is 10.2. The van der Waals surface area contributed by atoms with Crippen molar-refractivity contribution in [1.29, 1.82) is 0 Å². The molecule has 28 heavy (non-hydrogen) atoms. The highest BCUT2D eigenvalue weighted by atomic mass is 16.5. The van der Waals surface area contributed by atoms with Crippen LogP contribution in [0.2, 0.25) is 0 Å². The van der Waals surface area contributed by atoms with E-state index in [2.05, 4.69) is 32.7 Å². The van der Waals surface area contributed by atoms with E-state index >= 15 is 0 Å². The monoisotopic (exact) mass is 378 g/mol. The lowest BCUT2D eigenvalue weighted by Gasteiger charge is -2.11. The smallest absolute Gasteiger partial charge is 0.258 e.